The fraction of sp³-hybridized carbons (Fsp3) is 0.435. The molecule has 1 saturated heterocycles. The van der Waals surface area contributed by atoms with Crippen molar-refractivity contribution < 1.29 is 9.18 Å². The molecule has 1 unspecified atom stereocenters. The molecule has 3 nitrogen and oxygen atoms in total. The third kappa shape index (κ3) is 4.32. The zero-order valence-electron chi connectivity index (χ0n) is 16.3. The van der Waals surface area contributed by atoms with E-state index in [1.165, 1.54) is 6.07 Å². The highest BCUT2D eigenvalue weighted by molar-refractivity contribution is 5.84. The average molecular weight is 368 g/mol. The predicted molar refractivity (Wildman–Crippen MR) is 108 cm³/mol. The molecule has 1 fully saturated rings. The molecule has 1 amide bonds. The van der Waals surface area contributed by atoms with Crippen molar-refractivity contribution in [2.75, 3.05) is 31.1 Å². The highest BCUT2D eigenvalue weighted by Gasteiger charge is 2.34. The summed E-state index contributed by atoms with van der Waals surface area (Å²) in [5, 5.41) is 0. The summed E-state index contributed by atoms with van der Waals surface area (Å²) in [6.07, 6.45) is 1.78. The first-order valence-electron chi connectivity index (χ1n) is 9.98. The minimum absolute atomic E-state index is 0.117. The number of carbonyl (C=O) groups is 1. The van der Waals surface area contributed by atoms with Crippen molar-refractivity contribution in [1.82, 2.24) is 4.90 Å². The Morgan fingerprint density at radius 1 is 1.04 bits per heavy atom. The van der Waals surface area contributed by atoms with Crippen LogP contribution in [-0.4, -0.2) is 37.0 Å². The molecule has 1 heterocycles. The van der Waals surface area contributed by atoms with E-state index in [-0.39, 0.29) is 23.6 Å². The summed E-state index contributed by atoms with van der Waals surface area (Å²) >= 11 is 0. The number of benzene rings is 2. The normalized spacial score (nSPS) is 16.2. The summed E-state index contributed by atoms with van der Waals surface area (Å²) in [5.41, 5.74) is 1.76. The summed E-state index contributed by atoms with van der Waals surface area (Å²) in [6.45, 7) is 7.08. The van der Waals surface area contributed by atoms with Gasteiger partial charge in [0.15, 0.2) is 0 Å². The van der Waals surface area contributed by atoms with Gasteiger partial charge in [0.2, 0.25) is 5.91 Å². The Kier molecular flexibility index (Phi) is 6.49. The first-order valence-corrected chi connectivity index (χ1v) is 9.98. The van der Waals surface area contributed by atoms with Gasteiger partial charge in [-0.25, -0.2) is 4.39 Å². The van der Waals surface area contributed by atoms with Crippen LogP contribution >= 0.6 is 0 Å². The Hall–Kier alpha value is -2.36. The minimum Gasteiger partial charge on any atom is -0.369 e. The molecule has 2 aromatic carbocycles. The number of rotatable bonds is 6. The first-order chi connectivity index (χ1) is 13.2. The zero-order chi connectivity index (χ0) is 19.2. The summed E-state index contributed by atoms with van der Waals surface area (Å²) in [7, 11) is 0. The van der Waals surface area contributed by atoms with Gasteiger partial charge in [0.1, 0.15) is 5.82 Å². The molecule has 0 spiro atoms. The number of nitrogens with zero attached hydrogens (tertiary/aromatic N) is 2. The van der Waals surface area contributed by atoms with Crippen LogP contribution in [0.25, 0.3) is 0 Å². The number of halogens is 1. The lowest BCUT2D eigenvalue weighted by Crippen LogP contribution is -2.42. The smallest absolute Gasteiger partial charge is 0.230 e. The van der Waals surface area contributed by atoms with Crippen molar-refractivity contribution in [2.45, 2.75) is 32.6 Å². The van der Waals surface area contributed by atoms with E-state index < -0.39 is 0 Å². The maximum Gasteiger partial charge on any atom is 0.230 e. The van der Waals surface area contributed by atoms with Crippen LogP contribution in [-0.2, 0) is 4.79 Å². The van der Waals surface area contributed by atoms with Gasteiger partial charge in [-0.1, -0.05) is 42.5 Å². The van der Waals surface area contributed by atoms with E-state index in [2.05, 4.69) is 17.0 Å². The summed E-state index contributed by atoms with van der Waals surface area (Å²) in [6, 6.07) is 17.1. The number of amides is 1. The topological polar surface area (TPSA) is 23.6 Å². The molecular weight excluding hydrogens is 339 g/mol. The lowest BCUT2D eigenvalue weighted by atomic mass is 9.79. The van der Waals surface area contributed by atoms with Crippen LogP contribution in [0.2, 0.25) is 0 Å². The predicted octanol–water partition coefficient (Wildman–Crippen LogP) is 4.69. The number of hydrogen-bond acceptors (Lipinski definition) is 2. The average Bonchev–Trinajstić information content (AvgIpc) is 2.71. The number of piperidine rings is 1. The largest absolute Gasteiger partial charge is 0.369 e. The van der Waals surface area contributed by atoms with Gasteiger partial charge in [0, 0.05) is 26.2 Å². The van der Waals surface area contributed by atoms with Gasteiger partial charge in [-0.15, -0.1) is 0 Å². The Balaban J connectivity index is 1.78. The quantitative estimate of drug-likeness (QED) is 0.738. The Morgan fingerprint density at radius 3 is 2.22 bits per heavy atom. The number of para-hydroxylation sites is 1. The highest BCUT2D eigenvalue weighted by atomic mass is 19.1. The SMILES string of the molecule is CCN(CC)C(=O)C(c1ccccc1)C1CCN(c2ccccc2F)CC1. The summed E-state index contributed by atoms with van der Waals surface area (Å²) in [5.74, 6) is 0.211. The van der Waals surface area contributed by atoms with Crippen molar-refractivity contribution in [3.05, 3.63) is 66.0 Å². The van der Waals surface area contributed by atoms with Crippen LogP contribution in [0.15, 0.2) is 54.6 Å². The zero-order valence-corrected chi connectivity index (χ0v) is 16.3. The van der Waals surface area contributed by atoms with Gasteiger partial charge in [0.25, 0.3) is 0 Å². The maximum atomic E-state index is 14.1. The first kappa shape index (κ1) is 19.4. The fourth-order valence-corrected chi connectivity index (χ4v) is 4.19. The number of anilines is 1. The van der Waals surface area contributed by atoms with Gasteiger partial charge in [-0.3, -0.25) is 4.79 Å². The van der Waals surface area contributed by atoms with Crippen LogP contribution in [0.4, 0.5) is 10.1 Å². The molecule has 0 saturated carbocycles. The molecule has 27 heavy (non-hydrogen) atoms. The standard InChI is InChI=1S/C23H29FN2O/c1-3-25(4-2)23(27)22(18-10-6-5-7-11-18)19-14-16-26(17-15-19)21-13-9-8-12-20(21)24/h5-13,19,22H,3-4,14-17H2,1-2H3. The van der Waals surface area contributed by atoms with Gasteiger partial charge >= 0.3 is 0 Å². The van der Waals surface area contributed by atoms with E-state index in [4.69, 9.17) is 0 Å². The van der Waals surface area contributed by atoms with E-state index in [0.717, 1.165) is 44.6 Å². The Bertz CT molecular complexity index is 737. The van der Waals surface area contributed by atoms with Crippen LogP contribution in [0.3, 0.4) is 0 Å². The molecule has 0 bridgehead atoms. The van der Waals surface area contributed by atoms with E-state index >= 15 is 0 Å². The van der Waals surface area contributed by atoms with Crippen molar-refractivity contribution in [1.29, 1.82) is 0 Å². The second-order valence-corrected chi connectivity index (χ2v) is 7.17. The van der Waals surface area contributed by atoms with Crippen molar-refractivity contribution in [3.63, 3.8) is 0 Å². The number of likely N-dealkylation sites (N-methyl/N-ethyl adjacent to an activating group) is 1. The van der Waals surface area contributed by atoms with Gasteiger partial charge in [0.05, 0.1) is 11.6 Å². The van der Waals surface area contributed by atoms with Crippen molar-refractivity contribution >= 4 is 11.6 Å². The van der Waals surface area contributed by atoms with Crippen LogP contribution in [0.5, 0.6) is 0 Å². The van der Waals surface area contributed by atoms with E-state index in [9.17, 15) is 9.18 Å². The van der Waals surface area contributed by atoms with Crippen LogP contribution < -0.4 is 4.90 Å². The minimum atomic E-state index is -0.172. The molecule has 0 N–H and O–H groups in total. The Labute approximate surface area is 161 Å². The van der Waals surface area contributed by atoms with E-state index in [1.54, 1.807) is 6.07 Å². The van der Waals surface area contributed by atoms with Crippen LogP contribution in [0, 0.1) is 11.7 Å². The van der Waals surface area contributed by atoms with Crippen LogP contribution in [0.1, 0.15) is 38.2 Å². The molecule has 3 rings (SSSR count). The molecule has 4 heteroatoms. The molecule has 0 aromatic heterocycles. The monoisotopic (exact) mass is 368 g/mol. The van der Waals surface area contributed by atoms with Crippen molar-refractivity contribution in [2.24, 2.45) is 5.92 Å². The molecule has 1 atom stereocenters. The molecule has 0 radical (unpaired) electrons. The maximum absolute atomic E-state index is 14.1. The van der Waals surface area contributed by atoms with Gasteiger partial charge < -0.3 is 9.80 Å². The molecule has 144 valence electrons. The van der Waals surface area contributed by atoms with Gasteiger partial charge in [-0.05, 0) is 50.3 Å². The third-order valence-corrected chi connectivity index (χ3v) is 5.70. The molecule has 1 aliphatic rings. The number of hydrogen-bond donors (Lipinski definition) is 0. The summed E-state index contributed by atoms with van der Waals surface area (Å²) < 4.78 is 14.1. The molecule has 2 aromatic rings. The lowest BCUT2D eigenvalue weighted by Gasteiger charge is -2.38. The third-order valence-electron chi connectivity index (χ3n) is 5.70. The van der Waals surface area contributed by atoms with E-state index in [1.807, 2.05) is 49.1 Å². The number of carbonyl (C=O) groups excluding carboxylic acids is 1. The second kappa shape index (κ2) is 9.03. The Morgan fingerprint density at radius 2 is 1.63 bits per heavy atom. The van der Waals surface area contributed by atoms with Gasteiger partial charge in [-0.2, -0.15) is 0 Å². The van der Waals surface area contributed by atoms with E-state index in [0.29, 0.717) is 5.69 Å². The fourth-order valence-electron chi connectivity index (χ4n) is 4.19. The summed E-state index contributed by atoms with van der Waals surface area (Å²) in [4.78, 5) is 17.3. The lowest BCUT2D eigenvalue weighted by molar-refractivity contribution is -0.134. The highest BCUT2D eigenvalue weighted by Crippen LogP contribution is 2.36. The second-order valence-electron chi connectivity index (χ2n) is 7.17. The molecule has 1 aliphatic heterocycles. The van der Waals surface area contributed by atoms with Crippen molar-refractivity contribution in [3.8, 4) is 0 Å². The molecule has 0 aliphatic carbocycles. The molecular formula is C23H29FN2O.